The van der Waals surface area contributed by atoms with Crippen molar-refractivity contribution >= 4 is 5.97 Å². The number of carboxylic acids is 1. The molecular weight excluding hydrogens is 260 g/mol. The minimum atomic E-state index is -0.976. The van der Waals surface area contributed by atoms with E-state index >= 15 is 0 Å². The van der Waals surface area contributed by atoms with Gasteiger partial charge in [0.2, 0.25) is 11.7 Å². The lowest BCUT2D eigenvalue weighted by molar-refractivity contribution is -0.136. The van der Waals surface area contributed by atoms with E-state index in [1.807, 2.05) is 6.92 Å². The predicted octanol–water partition coefficient (Wildman–Crippen LogP) is 2.53. The van der Waals surface area contributed by atoms with E-state index in [4.69, 9.17) is 14.4 Å². The predicted molar refractivity (Wildman–Crippen MR) is 71.2 cm³/mol. The zero-order chi connectivity index (χ0) is 14.8. The molecule has 2 rings (SSSR count). The zero-order valence-electron chi connectivity index (χ0n) is 12.3. The zero-order valence-corrected chi connectivity index (χ0v) is 12.3. The number of carbonyl (C=O) groups is 1. The number of hydrogen-bond acceptors (Lipinski definition) is 5. The lowest BCUT2D eigenvalue weighted by Crippen LogP contribution is -2.38. The molecule has 0 spiro atoms. The van der Waals surface area contributed by atoms with Crippen LogP contribution in [0.3, 0.4) is 0 Å². The molecule has 6 heteroatoms. The van der Waals surface area contributed by atoms with Gasteiger partial charge in [-0.3, -0.25) is 4.79 Å². The van der Waals surface area contributed by atoms with Crippen LogP contribution in [0.2, 0.25) is 0 Å². The van der Waals surface area contributed by atoms with E-state index in [2.05, 4.69) is 24.0 Å². The molecule has 0 aromatic carbocycles. The number of aromatic nitrogens is 2. The van der Waals surface area contributed by atoms with Crippen LogP contribution in [0, 0.1) is 5.41 Å². The van der Waals surface area contributed by atoms with Gasteiger partial charge in [0.25, 0.3) is 0 Å². The third-order valence-electron chi connectivity index (χ3n) is 4.01. The fourth-order valence-electron chi connectivity index (χ4n) is 2.68. The summed E-state index contributed by atoms with van der Waals surface area (Å²) in [5.41, 5.74) is -0.223. The van der Waals surface area contributed by atoms with Crippen LogP contribution < -0.4 is 0 Å². The van der Waals surface area contributed by atoms with Crippen LogP contribution in [0.15, 0.2) is 4.52 Å². The van der Waals surface area contributed by atoms with Crippen molar-refractivity contribution in [2.45, 2.75) is 58.5 Å². The summed E-state index contributed by atoms with van der Waals surface area (Å²) in [6.45, 7) is 7.01. The smallest absolute Gasteiger partial charge is 0.312 e. The molecule has 1 aromatic heterocycles. The lowest BCUT2D eigenvalue weighted by atomic mass is 9.70. The van der Waals surface area contributed by atoms with Crippen molar-refractivity contribution in [2.24, 2.45) is 5.41 Å². The third kappa shape index (κ3) is 3.17. The molecule has 0 bridgehead atoms. The van der Waals surface area contributed by atoms with Crippen molar-refractivity contribution in [2.75, 3.05) is 6.61 Å². The highest BCUT2D eigenvalue weighted by atomic mass is 16.5. The average Bonchev–Trinajstić information content (AvgIpc) is 2.81. The van der Waals surface area contributed by atoms with Crippen LogP contribution in [0.25, 0.3) is 0 Å². The molecule has 0 amide bonds. The second-order valence-corrected chi connectivity index (χ2v) is 6.17. The Balaban J connectivity index is 2.20. The Labute approximate surface area is 118 Å². The molecule has 112 valence electrons. The first-order chi connectivity index (χ1) is 9.37. The maximum atomic E-state index is 10.7. The fourth-order valence-corrected chi connectivity index (χ4v) is 2.68. The highest BCUT2D eigenvalue weighted by Gasteiger charge is 2.43. The summed E-state index contributed by atoms with van der Waals surface area (Å²) in [6.07, 6.45) is 3.46. The SMILES string of the molecule is CCOC1(c2noc(CC(=O)O)n2)CCC(C)(C)CC1. The standard InChI is InChI=1S/C14H22N2O4/c1-4-19-14(7-5-13(2,3)6-8-14)12-15-10(20-16-12)9-11(17)18/h4-9H2,1-3H3,(H,17,18). The van der Waals surface area contributed by atoms with E-state index in [1.54, 1.807) is 0 Å². The summed E-state index contributed by atoms with van der Waals surface area (Å²) in [5.74, 6) is -0.349. The number of rotatable bonds is 5. The molecule has 1 aliphatic carbocycles. The maximum Gasteiger partial charge on any atom is 0.312 e. The Kier molecular flexibility index (Phi) is 4.13. The fraction of sp³-hybridized carbons (Fsp3) is 0.786. The molecule has 1 aliphatic rings. The highest BCUT2D eigenvalue weighted by Crippen LogP contribution is 2.46. The van der Waals surface area contributed by atoms with Crippen molar-refractivity contribution in [1.29, 1.82) is 0 Å². The molecule has 6 nitrogen and oxygen atoms in total. The first kappa shape index (κ1) is 15.0. The average molecular weight is 282 g/mol. The van der Waals surface area contributed by atoms with Crippen LogP contribution >= 0.6 is 0 Å². The lowest BCUT2D eigenvalue weighted by Gasteiger charge is -2.41. The quantitative estimate of drug-likeness (QED) is 0.893. The Morgan fingerprint density at radius 1 is 1.35 bits per heavy atom. The van der Waals surface area contributed by atoms with Gasteiger partial charge in [0.1, 0.15) is 12.0 Å². The van der Waals surface area contributed by atoms with Crippen LogP contribution in [0.4, 0.5) is 0 Å². The van der Waals surface area contributed by atoms with Gasteiger partial charge in [0.15, 0.2) is 0 Å². The number of ether oxygens (including phenoxy) is 1. The van der Waals surface area contributed by atoms with Crippen molar-refractivity contribution in [3.05, 3.63) is 11.7 Å². The van der Waals surface area contributed by atoms with Crippen LogP contribution in [0.5, 0.6) is 0 Å². The Bertz CT molecular complexity index is 471. The van der Waals surface area contributed by atoms with Crippen LogP contribution in [-0.2, 0) is 21.6 Å². The van der Waals surface area contributed by atoms with Gasteiger partial charge in [0, 0.05) is 6.61 Å². The van der Waals surface area contributed by atoms with Gasteiger partial charge in [-0.15, -0.1) is 0 Å². The monoisotopic (exact) mass is 282 g/mol. The summed E-state index contributed by atoms with van der Waals surface area (Å²) in [7, 11) is 0. The minimum Gasteiger partial charge on any atom is -0.481 e. The molecule has 0 atom stereocenters. The summed E-state index contributed by atoms with van der Waals surface area (Å²) in [6, 6.07) is 0. The van der Waals surface area contributed by atoms with E-state index in [-0.39, 0.29) is 12.3 Å². The largest absolute Gasteiger partial charge is 0.481 e. The van der Waals surface area contributed by atoms with Crippen LogP contribution in [0.1, 0.15) is 58.2 Å². The molecule has 0 unspecified atom stereocenters. The number of nitrogens with zero attached hydrogens (tertiary/aromatic N) is 2. The summed E-state index contributed by atoms with van der Waals surface area (Å²) in [4.78, 5) is 14.9. The molecule has 1 aromatic rings. The van der Waals surface area contributed by atoms with E-state index in [1.165, 1.54) is 0 Å². The summed E-state index contributed by atoms with van der Waals surface area (Å²) >= 11 is 0. The first-order valence-corrected chi connectivity index (χ1v) is 7.06. The van der Waals surface area contributed by atoms with Gasteiger partial charge in [-0.1, -0.05) is 19.0 Å². The molecule has 20 heavy (non-hydrogen) atoms. The Morgan fingerprint density at radius 3 is 2.55 bits per heavy atom. The van der Waals surface area contributed by atoms with Crippen LogP contribution in [-0.4, -0.2) is 27.8 Å². The Morgan fingerprint density at radius 2 is 2.00 bits per heavy atom. The molecule has 0 aliphatic heterocycles. The maximum absolute atomic E-state index is 10.7. The van der Waals surface area contributed by atoms with Gasteiger partial charge in [0.05, 0.1) is 0 Å². The van der Waals surface area contributed by atoms with Crippen molar-refractivity contribution < 1.29 is 19.2 Å². The van der Waals surface area contributed by atoms with Gasteiger partial charge in [-0.05, 0) is 38.0 Å². The van der Waals surface area contributed by atoms with Crippen molar-refractivity contribution in [3.8, 4) is 0 Å². The molecule has 1 saturated carbocycles. The van der Waals surface area contributed by atoms with Gasteiger partial charge in [-0.2, -0.15) is 4.98 Å². The summed E-state index contributed by atoms with van der Waals surface area (Å²) < 4.78 is 11.0. The number of hydrogen-bond donors (Lipinski definition) is 1. The van der Waals surface area contributed by atoms with Gasteiger partial charge < -0.3 is 14.4 Å². The minimum absolute atomic E-state index is 0.136. The molecule has 0 saturated heterocycles. The van der Waals surface area contributed by atoms with Gasteiger partial charge in [-0.25, -0.2) is 0 Å². The Hall–Kier alpha value is -1.43. The normalized spacial score (nSPS) is 20.8. The van der Waals surface area contributed by atoms with E-state index in [9.17, 15) is 4.79 Å². The molecule has 1 fully saturated rings. The van der Waals surface area contributed by atoms with E-state index < -0.39 is 11.6 Å². The molecule has 0 radical (unpaired) electrons. The molecule has 1 heterocycles. The second-order valence-electron chi connectivity index (χ2n) is 6.17. The molecule has 1 N–H and O–H groups in total. The molecular formula is C14H22N2O4. The third-order valence-corrected chi connectivity index (χ3v) is 4.01. The van der Waals surface area contributed by atoms with Gasteiger partial charge >= 0.3 is 5.97 Å². The first-order valence-electron chi connectivity index (χ1n) is 7.06. The highest BCUT2D eigenvalue weighted by molar-refractivity contribution is 5.68. The van der Waals surface area contributed by atoms with E-state index in [0.29, 0.717) is 17.8 Å². The number of carboxylic acid groups (broad SMARTS) is 1. The summed E-state index contributed by atoms with van der Waals surface area (Å²) in [5, 5.41) is 12.7. The number of aliphatic carboxylic acids is 1. The van der Waals surface area contributed by atoms with Crippen molar-refractivity contribution in [3.63, 3.8) is 0 Å². The topological polar surface area (TPSA) is 85.5 Å². The second kappa shape index (κ2) is 5.52. The van der Waals surface area contributed by atoms with Crippen molar-refractivity contribution in [1.82, 2.24) is 10.1 Å². The van der Waals surface area contributed by atoms with E-state index in [0.717, 1.165) is 25.7 Å².